The summed E-state index contributed by atoms with van der Waals surface area (Å²) in [6.07, 6.45) is 8.32. The molecule has 1 aliphatic carbocycles. The fraction of sp³-hybridized carbons (Fsp3) is 0.526. The molecule has 2 aliphatic rings. The van der Waals surface area contributed by atoms with Gasteiger partial charge in [0.25, 0.3) is 5.91 Å². The molecule has 130 valence electrons. The lowest BCUT2D eigenvalue weighted by Crippen LogP contribution is -2.51. The van der Waals surface area contributed by atoms with E-state index in [0.29, 0.717) is 23.1 Å². The van der Waals surface area contributed by atoms with Gasteiger partial charge in [-0.2, -0.15) is 0 Å². The molecule has 5 nitrogen and oxygen atoms in total. The third-order valence-corrected chi connectivity index (χ3v) is 4.93. The van der Waals surface area contributed by atoms with Gasteiger partial charge in [-0.1, -0.05) is 12.2 Å². The standard InChI is InChI=1S/C19H26N2O3/c1-23-17-9-8-15(14-18(17)24-2)19(22)21-12-10-20(11-13-21)16-6-4-3-5-7-16/h4,6,8-9,14,16H,3,5,7,10-13H2,1-2H3. The molecular weight excluding hydrogens is 304 g/mol. The number of nitrogens with zero attached hydrogens (tertiary/aromatic N) is 2. The molecule has 0 spiro atoms. The maximum atomic E-state index is 12.7. The van der Waals surface area contributed by atoms with Crippen molar-refractivity contribution in [3.05, 3.63) is 35.9 Å². The molecule has 5 heteroatoms. The second kappa shape index (κ2) is 7.71. The molecule has 1 saturated heterocycles. The number of rotatable bonds is 4. The molecule has 1 fully saturated rings. The molecule has 1 aliphatic heterocycles. The van der Waals surface area contributed by atoms with Crippen LogP contribution in [0.1, 0.15) is 29.6 Å². The van der Waals surface area contributed by atoms with Crippen molar-refractivity contribution in [2.24, 2.45) is 0 Å². The minimum atomic E-state index is 0.0646. The predicted molar refractivity (Wildman–Crippen MR) is 93.8 cm³/mol. The van der Waals surface area contributed by atoms with Crippen molar-refractivity contribution in [2.75, 3.05) is 40.4 Å². The zero-order valence-corrected chi connectivity index (χ0v) is 14.5. The first-order valence-electron chi connectivity index (χ1n) is 8.65. The maximum Gasteiger partial charge on any atom is 0.254 e. The van der Waals surface area contributed by atoms with Gasteiger partial charge < -0.3 is 14.4 Å². The molecule has 0 bridgehead atoms. The van der Waals surface area contributed by atoms with Gasteiger partial charge in [0.1, 0.15) is 0 Å². The number of amides is 1. The monoisotopic (exact) mass is 330 g/mol. The van der Waals surface area contributed by atoms with E-state index in [-0.39, 0.29) is 5.91 Å². The SMILES string of the molecule is COc1ccc(C(=O)N2CCN(C3C=CCCC3)CC2)cc1OC. The normalized spacial score (nSPS) is 21.6. The predicted octanol–water partition coefficient (Wildman–Crippen LogP) is 2.57. The van der Waals surface area contributed by atoms with Crippen LogP contribution in [-0.4, -0.2) is 62.1 Å². The summed E-state index contributed by atoms with van der Waals surface area (Å²) >= 11 is 0. The minimum absolute atomic E-state index is 0.0646. The van der Waals surface area contributed by atoms with Gasteiger partial charge >= 0.3 is 0 Å². The first-order valence-corrected chi connectivity index (χ1v) is 8.65. The first-order chi connectivity index (χ1) is 11.7. The molecule has 0 radical (unpaired) electrons. The Labute approximate surface area is 143 Å². The van der Waals surface area contributed by atoms with Crippen LogP contribution in [-0.2, 0) is 0 Å². The van der Waals surface area contributed by atoms with Crippen molar-refractivity contribution in [3.63, 3.8) is 0 Å². The molecule has 1 atom stereocenters. The van der Waals surface area contributed by atoms with Crippen LogP contribution in [0.15, 0.2) is 30.4 Å². The van der Waals surface area contributed by atoms with Crippen molar-refractivity contribution in [3.8, 4) is 11.5 Å². The fourth-order valence-corrected chi connectivity index (χ4v) is 3.51. The molecule has 1 unspecified atom stereocenters. The van der Waals surface area contributed by atoms with Crippen molar-refractivity contribution < 1.29 is 14.3 Å². The number of methoxy groups -OCH3 is 2. The smallest absolute Gasteiger partial charge is 0.254 e. The summed E-state index contributed by atoms with van der Waals surface area (Å²) in [7, 11) is 3.18. The van der Waals surface area contributed by atoms with E-state index >= 15 is 0 Å². The highest BCUT2D eigenvalue weighted by Crippen LogP contribution is 2.28. The Morgan fingerprint density at radius 2 is 1.83 bits per heavy atom. The number of hydrogen-bond donors (Lipinski definition) is 0. The molecular formula is C19H26N2O3. The van der Waals surface area contributed by atoms with Crippen molar-refractivity contribution in [1.82, 2.24) is 9.80 Å². The number of ether oxygens (including phenoxy) is 2. The summed E-state index contributed by atoms with van der Waals surface area (Å²) in [5.74, 6) is 1.30. The fourth-order valence-electron chi connectivity index (χ4n) is 3.51. The quantitative estimate of drug-likeness (QED) is 0.796. The highest BCUT2D eigenvalue weighted by Gasteiger charge is 2.26. The van der Waals surface area contributed by atoms with Crippen LogP contribution in [0.4, 0.5) is 0 Å². The molecule has 24 heavy (non-hydrogen) atoms. The second-order valence-corrected chi connectivity index (χ2v) is 6.32. The Hall–Kier alpha value is -2.01. The maximum absolute atomic E-state index is 12.7. The summed E-state index contributed by atoms with van der Waals surface area (Å²) in [6.45, 7) is 3.43. The van der Waals surface area contributed by atoms with Gasteiger partial charge in [0.2, 0.25) is 0 Å². The highest BCUT2D eigenvalue weighted by molar-refractivity contribution is 5.95. The van der Waals surface area contributed by atoms with Gasteiger partial charge in [0.15, 0.2) is 11.5 Å². The summed E-state index contributed by atoms with van der Waals surface area (Å²) < 4.78 is 10.5. The summed E-state index contributed by atoms with van der Waals surface area (Å²) in [5, 5.41) is 0. The van der Waals surface area contributed by atoms with Crippen LogP contribution in [0.25, 0.3) is 0 Å². The number of allylic oxidation sites excluding steroid dienone is 1. The van der Waals surface area contributed by atoms with E-state index in [4.69, 9.17) is 9.47 Å². The molecule has 0 N–H and O–H groups in total. The Balaban J connectivity index is 1.62. The topological polar surface area (TPSA) is 42.0 Å². The first kappa shape index (κ1) is 16.8. The van der Waals surface area contributed by atoms with Gasteiger partial charge in [0, 0.05) is 37.8 Å². The zero-order chi connectivity index (χ0) is 16.9. The van der Waals surface area contributed by atoms with Gasteiger partial charge in [0.05, 0.1) is 14.2 Å². The van der Waals surface area contributed by atoms with Crippen LogP contribution < -0.4 is 9.47 Å². The number of carbonyl (C=O) groups is 1. The van der Waals surface area contributed by atoms with Crippen molar-refractivity contribution in [1.29, 1.82) is 0 Å². The average Bonchev–Trinajstić information content (AvgIpc) is 2.67. The largest absolute Gasteiger partial charge is 0.493 e. The molecule has 1 aromatic carbocycles. The van der Waals surface area contributed by atoms with Crippen LogP contribution in [0.5, 0.6) is 11.5 Å². The highest BCUT2D eigenvalue weighted by atomic mass is 16.5. The summed E-state index contributed by atoms with van der Waals surface area (Å²) in [4.78, 5) is 17.2. The van der Waals surface area contributed by atoms with E-state index in [1.807, 2.05) is 4.90 Å². The summed E-state index contributed by atoms with van der Waals surface area (Å²) in [5.41, 5.74) is 0.652. The van der Waals surface area contributed by atoms with Crippen LogP contribution in [0, 0.1) is 0 Å². The van der Waals surface area contributed by atoms with Gasteiger partial charge in [-0.3, -0.25) is 9.69 Å². The molecule has 0 aromatic heterocycles. The molecule has 1 heterocycles. The van der Waals surface area contributed by atoms with E-state index in [2.05, 4.69) is 17.1 Å². The third kappa shape index (κ3) is 3.56. The Kier molecular flexibility index (Phi) is 5.41. The minimum Gasteiger partial charge on any atom is -0.493 e. The third-order valence-electron chi connectivity index (χ3n) is 4.93. The number of piperazine rings is 1. The second-order valence-electron chi connectivity index (χ2n) is 6.32. The summed E-state index contributed by atoms with van der Waals surface area (Å²) in [6, 6.07) is 5.91. The molecule has 1 amide bonds. The van der Waals surface area contributed by atoms with E-state index in [9.17, 15) is 4.79 Å². The van der Waals surface area contributed by atoms with Crippen LogP contribution >= 0.6 is 0 Å². The lowest BCUT2D eigenvalue weighted by Gasteiger charge is -2.39. The average molecular weight is 330 g/mol. The van der Waals surface area contributed by atoms with Crippen LogP contribution in [0.3, 0.4) is 0 Å². The van der Waals surface area contributed by atoms with Gasteiger partial charge in [-0.05, 0) is 37.5 Å². The van der Waals surface area contributed by atoms with Gasteiger partial charge in [-0.15, -0.1) is 0 Å². The Bertz CT molecular complexity index is 607. The lowest BCUT2D eigenvalue weighted by atomic mass is 10.0. The number of benzene rings is 1. The van der Waals surface area contributed by atoms with E-state index < -0.39 is 0 Å². The zero-order valence-electron chi connectivity index (χ0n) is 14.5. The Morgan fingerprint density at radius 1 is 1.08 bits per heavy atom. The number of hydrogen-bond acceptors (Lipinski definition) is 4. The van der Waals surface area contributed by atoms with Crippen LogP contribution in [0.2, 0.25) is 0 Å². The van der Waals surface area contributed by atoms with E-state index in [1.54, 1.807) is 32.4 Å². The van der Waals surface area contributed by atoms with Crippen molar-refractivity contribution in [2.45, 2.75) is 25.3 Å². The van der Waals surface area contributed by atoms with E-state index in [0.717, 1.165) is 26.2 Å². The van der Waals surface area contributed by atoms with Gasteiger partial charge in [-0.25, -0.2) is 0 Å². The molecule has 3 rings (SSSR count). The molecule has 0 saturated carbocycles. The van der Waals surface area contributed by atoms with Crippen molar-refractivity contribution >= 4 is 5.91 Å². The Morgan fingerprint density at radius 3 is 2.46 bits per heavy atom. The molecule has 1 aromatic rings. The number of carbonyl (C=O) groups excluding carboxylic acids is 1. The van der Waals surface area contributed by atoms with E-state index in [1.165, 1.54) is 19.3 Å². The lowest BCUT2D eigenvalue weighted by molar-refractivity contribution is 0.0592.